The van der Waals surface area contributed by atoms with Crippen molar-refractivity contribution < 1.29 is 14.3 Å². The van der Waals surface area contributed by atoms with Crippen LogP contribution >= 0.6 is 0 Å². The fourth-order valence-corrected chi connectivity index (χ4v) is 5.92. The molecule has 210 valence electrons. The smallest absolute Gasteiger partial charge is 0.415 e. The standard InChI is InChI=1S/C28H40N8O3/c1-19-14-23(25(37)34(3)4)36(21-8-5-6-9-21)20(2)32-26(31-15-19)33-24-11-10-22(16-30-24)35-18-28(39-27(35)38)12-7-13-29-17-28/h10-11,14-16,19-21,29H,5-9,12-13,17-18H2,1-4H3,(H,30,32,33)/b23-14-,31-15-. The monoisotopic (exact) mass is 536 g/mol. The number of aromatic nitrogens is 1. The number of guanidine groups is 1. The van der Waals surface area contributed by atoms with E-state index in [0.29, 0.717) is 36.3 Å². The zero-order valence-electron chi connectivity index (χ0n) is 23.4. The molecule has 1 spiro atoms. The number of likely N-dealkylation sites (N-methyl/N-ethyl adjacent to an activating group) is 1. The third-order valence-electron chi connectivity index (χ3n) is 7.89. The number of allylic oxidation sites excluding steroid dienone is 1. The number of amides is 2. The van der Waals surface area contributed by atoms with Gasteiger partial charge in [-0.05, 0) is 57.4 Å². The summed E-state index contributed by atoms with van der Waals surface area (Å²) in [6.07, 6.45) is 11.0. The largest absolute Gasteiger partial charge is 0.439 e. The van der Waals surface area contributed by atoms with E-state index in [1.54, 1.807) is 36.3 Å². The van der Waals surface area contributed by atoms with Gasteiger partial charge in [0.2, 0.25) is 5.96 Å². The second-order valence-corrected chi connectivity index (χ2v) is 11.3. The molecule has 1 aromatic rings. The maximum absolute atomic E-state index is 13.2. The third-order valence-corrected chi connectivity index (χ3v) is 7.89. The molecule has 2 saturated heterocycles. The van der Waals surface area contributed by atoms with Crippen molar-refractivity contribution in [2.24, 2.45) is 15.9 Å². The van der Waals surface area contributed by atoms with Crippen molar-refractivity contribution in [2.75, 3.05) is 43.9 Å². The van der Waals surface area contributed by atoms with Crippen molar-refractivity contribution >= 4 is 35.7 Å². The molecular weight excluding hydrogens is 496 g/mol. The summed E-state index contributed by atoms with van der Waals surface area (Å²) in [7, 11) is 3.57. The van der Waals surface area contributed by atoms with Crippen molar-refractivity contribution in [1.29, 1.82) is 0 Å². The number of hydrogen-bond acceptors (Lipinski definition) is 9. The highest BCUT2D eigenvalue weighted by Gasteiger charge is 2.46. The van der Waals surface area contributed by atoms with Gasteiger partial charge >= 0.3 is 6.09 Å². The molecule has 4 heterocycles. The van der Waals surface area contributed by atoms with Crippen molar-refractivity contribution in [3.63, 3.8) is 0 Å². The Morgan fingerprint density at radius 2 is 2.00 bits per heavy atom. The van der Waals surface area contributed by atoms with E-state index in [-0.39, 0.29) is 30.1 Å². The highest BCUT2D eigenvalue weighted by Crippen LogP contribution is 2.33. The average molecular weight is 537 g/mol. The molecule has 5 rings (SSSR count). The zero-order valence-corrected chi connectivity index (χ0v) is 23.4. The van der Waals surface area contributed by atoms with E-state index in [0.717, 1.165) is 45.1 Å². The Balaban J connectivity index is 1.35. The maximum Gasteiger partial charge on any atom is 0.415 e. The van der Waals surface area contributed by atoms with E-state index in [9.17, 15) is 9.59 Å². The van der Waals surface area contributed by atoms with Gasteiger partial charge in [-0.15, -0.1) is 0 Å². The van der Waals surface area contributed by atoms with Crippen LogP contribution in [-0.2, 0) is 9.53 Å². The Labute approximate surface area is 230 Å². The minimum absolute atomic E-state index is 0.0240. The second kappa shape index (κ2) is 11.3. The molecule has 2 N–H and O–H groups in total. The fraction of sp³-hybridized carbons (Fsp3) is 0.607. The normalized spacial score (nSPS) is 31.4. The molecule has 1 saturated carbocycles. The Morgan fingerprint density at radius 3 is 2.67 bits per heavy atom. The molecule has 1 aliphatic carbocycles. The lowest BCUT2D eigenvalue weighted by atomic mass is 9.94. The second-order valence-electron chi connectivity index (χ2n) is 11.3. The molecule has 4 aliphatic rings. The predicted molar refractivity (Wildman–Crippen MR) is 152 cm³/mol. The van der Waals surface area contributed by atoms with Crippen LogP contribution < -0.4 is 15.5 Å². The molecule has 3 fully saturated rings. The van der Waals surface area contributed by atoms with Gasteiger partial charge in [-0.2, -0.15) is 0 Å². The van der Waals surface area contributed by atoms with Gasteiger partial charge in [-0.3, -0.25) is 9.69 Å². The van der Waals surface area contributed by atoms with E-state index in [4.69, 9.17) is 9.73 Å². The highest BCUT2D eigenvalue weighted by molar-refractivity contribution is 5.99. The van der Waals surface area contributed by atoms with Crippen LogP contribution in [0.4, 0.5) is 16.3 Å². The maximum atomic E-state index is 13.2. The minimum atomic E-state index is -0.466. The first-order valence-corrected chi connectivity index (χ1v) is 14.0. The molecule has 0 aromatic carbocycles. The van der Waals surface area contributed by atoms with Crippen LogP contribution in [0, 0.1) is 5.92 Å². The molecule has 0 bridgehead atoms. The first kappa shape index (κ1) is 27.1. The van der Waals surface area contributed by atoms with Gasteiger partial charge in [-0.1, -0.05) is 19.8 Å². The van der Waals surface area contributed by atoms with Crippen LogP contribution in [0.25, 0.3) is 0 Å². The van der Waals surface area contributed by atoms with Crippen LogP contribution in [0.5, 0.6) is 0 Å². The predicted octanol–water partition coefficient (Wildman–Crippen LogP) is 3.21. The molecule has 3 aliphatic heterocycles. The lowest BCUT2D eigenvalue weighted by molar-refractivity contribution is -0.127. The molecule has 11 heteroatoms. The van der Waals surface area contributed by atoms with Crippen LogP contribution in [0.1, 0.15) is 52.4 Å². The van der Waals surface area contributed by atoms with E-state index in [1.165, 1.54) is 0 Å². The highest BCUT2D eigenvalue weighted by atomic mass is 16.6. The number of anilines is 2. The van der Waals surface area contributed by atoms with Gasteiger partial charge in [0.1, 0.15) is 23.3 Å². The Kier molecular flexibility index (Phi) is 7.88. The van der Waals surface area contributed by atoms with Crippen molar-refractivity contribution in [1.82, 2.24) is 20.1 Å². The summed E-state index contributed by atoms with van der Waals surface area (Å²) >= 11 is 0. The van der Waals surface area contributed by atoms with Crippen LogP contribution in [0.2, 0.25) is 0 Å². The summed E-state index contributed by atoms with van der Waals surface area (Å²) in [6.45, 7) is 6.16. The molecule has 0 radical (unpaired) electrons. The summed E-state index contributed by atoms with van der Waals surface area (Å²) in [6, 6.07) is 3.93. The molecule has 11 nitrogen and oxygen atoms in total. The van der Waals surface area contributed by atoms with E-state index >= 15 is 0 Å². The van der Waals surface area contributed by atoms with Crippen LogP contribution in [0.15, 0.2) is 40.1 Å². The third kappa shape index (κ3) is 5.93. The first-order valence-electron chi connectivity index (χ1n) is 14.0. The van der Waals surface area contributed by atoms with Gasteiger partial charge in [0, 0.05) is 38.8 Å². The van der Waals surface area contributed by atoms with E-state index in [2.05, 4.69) is 25.5 Å². The quantitative estimate of drug-likeness (QED) is 0.607. The molecule has 2 amide bonds. The summed E-state index contributed by atoms with van der Waals surface area (Å²) in [5, 5.41) is 6.58. The zero-order chi connectivity index (χ0) is 27.6. The van der Waals surface area contributed by atoms with Crippen molar-refractivity contribution in [3.8, 4) is 0 Å². The summed E-state index contributed by atoms with van der Waals surface area (Å²) in [5.74, 6) is 0.907. The van der Waals surface area contributed by atoms with Gasteiger partial charge in [-0.25, -0.2) is 19.8 Å². The summed E-state index contributed by atoms with van der Waals surface area (Å²) < 4.78 is 5.77. The van der Waals surface area contributed by atoms with Crippen LogP contribution in [-0.4, -0.2) is 90.5 Å². The van der Waals surface area contributed by atoms with Crippen molar-refractivity contribution in [2.45, 2.75) is 70.2 Å². The van der Waals surface area contributed by atoms with Crippen LogP contribution in [0.3, 0.4) is 0 Å². The molecular formula is C28H40N8O3. The number of ether oxygens (including phenoxy) is 1. The molecule has 1 aromatic heterocycles. The Morgan fingerprint density at radius 1 is 1.21 bits per heavy atom. The van der Waals surface area contributed by atoms with Gasteiger partial charge in [0.15, 0.2) is 0 Å². The number of pyridine rings is 1. The van der Waals surface area contributed by atoms with Gasteiger partial charge < -0.3 is 25.2 Å². The summed E-state index contributed by atoms with van der Waals surface area (Å²) in [5.41, 5.74) is 0.902. The Hall–Kier alpha value is -3.47. The topological polar surface area (TPSA) is 115 Å². The fourth-order valence-electron chi connectivity index (χ4n) is 5.92. The molecule has 3 atom stereocenters. The first-order chi connectivity index (χ1) is 18.7. The summed E-state index contributed by atoms with van der Waals surface area (Å²) in [4.78, 5) is 45.4. The van der Waals surface area contributed by atoms with Crippen molar-refractivity contribution in [3.05, 3.63) is 30.1 Å². The lowest BCUT2D eigenvalue weighted by Crippen LogP contribution is -2.48. The number of aliphatic imine (C=N–C) groups is 2. The lowest BCUT2D eigenvalue weighted by Gasteiger charge is -2.36. The SMILES string of the molecule is CC1/C=N\C(Nc2ccc(N3CC4(CCCNC4)OC3=O)cn2)=N/C(C)N(C2CCCC2)/C(C(=O)N(C)C)=C\1. The van der Waals surface area contributed by atoms with E-state index < -0.39 is 5.60 Å². The number of hydrogen-bond donors (Lipinski definition) is 2. The number of piperidine rings is 1. The number of nitrogens with zero attached hydrogens (tertiary/aromatic N) is 6. The van der Waals surface area contributed by atoms with Gasteiger partial charge in [0.05, 0.1) is 18.4 Å². The van der Waals surface area contributed by atoms with E-state index in [1.807, 2.05) is 32.1 Å². The number of carbonyl (C=O) groups excluding carboxylic acids is 2. The Bertz CT molecular complexity index is 1150. The number of carbonyl (C=O) groups is 2. The van der Waals surface area contributed by atoms with Gasteiger partial charge in [0.25, 0.3) is 5.91 Å². The minimum Gasteiger partial charge on any atom is -0.439 e. The molecule has 3 unspecified atom stereocenters. The number of nitrogens with one attached hydrogen (secondary N) is 2. The average Bonchev–Trinajstić information content (AvgIpc) is 3.55. The number of rotatable bonds is 4. The molecule has 39 heavy (non-hydrogen) atoms.